The first-order valence-electron chi connectivity index (χ1n) is 9.66. The van der Waals surface area contributed by atoms with Gasteiger partial charge < -0.3 is 15.1 Å². The van der Waals surface area contributed by atoms with Gasteiger partial charge in [-0.15, -0.1) is 0 Å². The molecule has 0 spiro atoms. The van der Waals surface area contributed by atoms with Crippen LogP contribution in [-0.4, -0.2) is 53.8 Å². The zero-order chi connectivity index (χ0) is 19.7. The van der Waals surface area contributed by atoms with Crippen LogP contribution in [0, 0.1) is 0 Å². The van der Waals surface area contributed by atoms with E-state index in [1.807, 2.05) is 36.2 Å². The third-order valence-corrected chi connectivity index (χ3v) is 6.16. The molecule has 2 amide bonds. The molecule has 5 nitrogen and oxygen atoms in total. The van der Waals surface area contributed by atoms with Gasteiger partial charge >= 0.3 is 0 Å². The smallest absolute Gasteiger partial charge is 0.256 e. The minimum Gasteiger partial charge on any atom is -0.340 e. The van der Waals surface area contributed by atoms with Gasteiger partial charge in [0.05, 0.1) is 10.6 Å². The second-order valence-corrected chi connectivity index (χ2v) is 7.90. The SMILES string of the molecule is CN(C(=O)C1Cc2ccccc2CN1C(=O)c1ccccc1Cl)C1CCNC1. The summed E-state index contributed by atoms with van der Waals surface area (Å²) in [7, 11) is 1.85. The Balaban J connectivity index is 1.67. The van der Waals surface area contributed by atoms with Crippen molar-refractivity contribution in [2.75, 3.05) is 20.1 Å². The van der Waals surface area contributed by atoms with Crippen molar-refractivity contribution in [1.29, 1.82) is 0 Å². The molecular weight excluding hydrogens is 374 g/mol. The van der Waals surface area contributed by atoms with Crippen molar-refractivity contribution in [2.24, 2.45) is 0 Å². The Labute approximate surface area is 170 Å². The van der Waals surface area contributed by atoms with E-state index >= 15 is 0 Å². The summed E-state index contributed by atoms with van der Waals surface area (Å²) in [6.45, 7) is 2.12. The molecule has 1 fully saturated rings. The van der Waals surface area contributed by atoms with E-state index in [1.54, 1.807) is 29.2 Å². The second-order valence-electron chi connectivity index (χ2n) is 7.50. The lowest BCUT2D eigenvalue weighted by atomic mass is 9.92. The molecule has 1 saturated heterocycles. The van der Waals surface area contributed by atoms with Crippen LogP contribution in [0.3, 0.4) is 0 Å². The molecule has 146 valence electrons. The topological polar surface area (TPSA) is 52.7 Å². The maximum absolute atomic E-state index is 13.4. The van der Waals surface area contributed by atoms with Crippen molar-refractivity contribution < 1.29 is 9.59 Å². The number of nitrogens with one attached hydrogen (secondary N) is 1. The van der Waals surface area contributed by atoms with Crippen molar-refractivity contribution in [3.63, 3.8) is 0 Å². The number of rotatable bonds is 3. The zero-order valence-electron chi connectivity index (χ0n) is 15.9. The van der Waals surface area contributed by atoms with Crippen molar-refractivity contribution in [1.82, 2.24) is 15.1 Å². The van der Waals surface area contributed by atoms with E-state index in [0.29, 0.717) is 23.6 Å². The summed E-state index contributed by atoms with van der Waals surface area (Å²) < 4.78 is 0. The molecule has 1 N–H and O–H groups in total. The Hall–Kier alpha value is -2.37. The summed E-state index contributed by atoms with van der Waals surface area (Å²) in [5, 5.41) is 3.71. The minimum absolute atomic E-state index is 0.0105. The largest absolute Gasteiger partial charge is 0.340 e. The van der Waals surface area contributed by atoms with Crippen molar-refractivity contribution >= 4 is 23.4 Å². The first-order valence-corrected chi connectivity index (χ1v) is 10.0. The number of halogens is 1. The number of nitrogens with zero attached hydrogens (tertiary/aromatic N) is 2. The Bertz CT molecular complexity index is 895. The molecule has 0 saturated carbocycles. The van der Waals surface area contributed by atoms with E-state index in [2.05, 4.69) is 5.32 Å². The molecular formula is C22H24ClN3O2. The lowest BCUT2D eigenvalue weighted by molar-refractivity contribution is -0.137. The molecule has 2 aromatic carbocycles. The maximum atomic E-state index is 13.4. The van der Waals surface area contributed by atoms with Crippen molar-refractivity contribution in [3.05, 3.63) is 70.2 Å². The summed E-state index contributed by atoms with van der Waals surface area (Å²) in [5.74, 6) is -0.208. The molecule has 2 heterocycles. The highest BCUT2D eigenvalue weighted by atomic mass is 35.5. The fraction of sp³-hybridized carbons (Fsp3) is 0.364. The first kappa shape index (κ1) is 19.0. The number of hydrogen-bond acceptors (Lipinski definition) is 3. The van der Waals surface area contributed by atoms with Gasteiger partial charge in [0.1, 0.15) is 6.04 Å². The minimum atomic E-state index is -0.524. The molecule has 0 aromatic heterocycles. The number of benzene rings is 2. The fourth-order valence-corrected chi connectivity index (χ4v) is 4.35. The molecule has 4 rings (SSSR count). The van der Waals surface area contributed by atoms with Crippen LogP contribution in [0.1, 0.15) is 27.9 Å². The highest BCUT2D eigenvalue weighted by molar-refractivity contribution is 6.33. The van der Waals surface area contributed by atoms with E-state index in [-0.39, 0.29) is 17.9 Å². The number of carbonyl (C=O) groups is 2. The summed E-state index contributed by atoms with van der Waals surface area (Å²) in [5.41, 5.74) is 2.64. The third kappa shape index (κ3) is 3.52. The average Bonchev–Trinajstić information content (AvgIpc) is 3.26. The van der Waals surface area contributed by atoms with Gasteiger partial charge in [-0.3, -0.25) is 9.59 Å². The Morgan fingerprint density at radius 3 is 2.54 bits per heavy atom. The highest BCUT2D eigenvalue weighted by Crippen LogP contribution is 2.28. The number of hydrogen-bond donors (Lipinski definition) is 1. The molecule has 2 unspecified atom stereocenters. The average molecular weight is 398 g/mol. The molecule has 28 heavy (non-hydrogen) atoms. The molecule has 2 atom stereocenters. The number of carbonyl (C=O) groups excluding carboxylic acids is 2. The van der Waals surface area contributed by atoms with Crippen LogP contribution >= 0.6 is 11.6 Å². The van der Waals surface area contributed by atoms with Gasteiger partial charge in [-0.2, -0.15) is 0 Å². The maximum Gasteiger partial charge on any atom is 0.256 e. The van der Waals surface area contributed by atoms with E-state index in [9.17, 15) is 9.59 Å². The van der Waals surface area contributed by atoms with E-state index in [1.165, 1.54) is 0 Å². The summed E-state index contributed by atoms with van der Waals surface area (Å²) in [4.78, 5) is 30.2. The quantitative estimate of drug-likeness (QED) is 0.866. The molecule has 0 aliphatic carbocycles. The molecule has 2 aromatic rings. The van der Waals surface area contributed by atoms with Crippen LogP contribution < -0.4 is 5.32 Å². The zero-order valence-corrected chi connectivity index (χ0v) is 16.7. The standard InChI is InChI=1S/C22H24ClN3O2/c1-25(17-10-11-24-13-17)22(28)20-12-15-6-2-3-7-16(15)14-26(20)21(27)18-8-4-5-9-19(18)23/h2-9,17,20,24H,10-14H2,1H3. The van der Waals surface area contributed by atoms with E-state index < -0.39 is 6.04 Å². The highest BCUT2D eigenvalue weighted by Gasteiger charge is 2.38. The number of amides is 2. The molecule has 2 aliphatic heterocycles. The molecule has 0 radical (unpaired) electrons. The second kappa shape index (κ2) is 7.94. The van der Waals surface area contributed by atoms with Gasteiger partial charge in [0.2, 0.25) is 5.91 Å². The monoisotopic (exact) mass is 397 g/mol. The Morgan fingerprint density at radius 2 is 1.82 bits per heavy atom. The van der Waals surface area contributed by atoms with E-state index in [0.717, 1.165) is 30.6 Å². The van der Waals surface area contributed by atoms with Gasteiger partial charge in [0.25, 0.3) is 5.91 Å². The van der Waals surface area contributed by atoms with Gasteiger partial charge in [-0.25, -0.2) is 0 Å². The lowest BCUT2D eigenvalue weighted by Gasteiger charge is -2.39. The molecule has 0 bridgehead atoms. The van der Waals surface area contributed by atoms with Crippen LogP contribution in [0.5, 0.6) is 0 Å². The van der Waals surface area contributed by atoms with E-state index in [4.69, 9.17) is 11.6 Å². The fourth-order valence-electron chi connectivity index (χ4n) is 4.13. The van der Waals surface area contributed by atoms with Crippen LogP contribution in [0.2, 0.25) is 5.02 Å². The van der Waals surface area contributed by atoms with Crippen LogP contribution in [0.25, 0.3) is 0 Å². The predicted octanol–water partition coefficient (Wildman–Crippen LogP) is 2.73. The number of likely N-dealkylation sites (N-methyl/N-ethyl adjacent to an activating group) is 1. The summed E-state index contributed by atoms with van der Waals surface area (Å²) >= 11 is 6.28. The van der Waals surface area contributed by atoms with Gasteiger partial charge in [-0.05, 0) is 36.2 Å². The van der Waals surface area contributed by atoms with Gasteiger partial charge in [0.15, 0.2) is 0 Å². The first-order chi connectivity index (χ1) is 13.6. The number of fused-ring (bicyclic) bond motifs is 1. The molecule has 6 heteroatoms. The lowest BCUT2D eigenvalue weighted by Crippen LogP contribution is -2.55. The van der Waals surface area contributed by atoms with Gasteiger partial charge in [0, 0.05) is 32.6 Å². The third-order valence-electron chi connectivity index (χ3n) is 5.83. The Morgan fingerprint density at radius 1 is 1.11 bits per heavy atom. The predicted molar refractivity (Wildman–Crippen MR) is 109 cm³/mol. The summed E-state index contributed by atoms with van der Waals surface area (Å²) in [6, 6.07) is 14.7. The molecule has 2 aliphatic rings. The van der Waals surface area contributed by atoms with Gasteiger partial charge in [-0.1, -0.05) is 48.0 Å². The van der Waals surface area contributed by atoms with Crippen LogP contribution in [0.4, 0.5) is 0 Å². The summed E-state index contributed by atoms with van der Waals surface area (Å²) in [6.07, 6.45) is 1.46. The Kier molecular flexibility index (Phi) is 5.38. The van der Waals surface area contributed by atoms with Crippen molar-refractivity contribution in [2.45, 2.75) is 31.5 Å². The normalized spacial score (nSPS) is 21.3. The van der Waals surface area contributed by atoms with Crippen LogP contribution in [-0.2, 0) is 17.8 Å². The van der Waals surface area contributed by atoms with Crippen LogP contribution in [0.15, 0.2) is 48.5 Å². The van der Waals surface area contributed by atoms with Crippen molar-refractivity contribution in [3.8, 4) is 0 Å².